The first kappa shape index (κ1) is 25.0. The van der Waals surface area contributed by atoms with Crippen LogP contribution in [0.2, 0.25) is 0 Å². The van der Waals surface area contributed by atoms with Crippen LogP contribution in [0.15, 0.2) is 47.3 Å². The van der Waals surface area contributed by atoms with E-state index in [1.165, 1.54) is 0 Å². The van der Waals surface area contributed by atoms with Crippen LogP contribution in [0.25, 0.3) is 10.9 Å². The number of tetrazole rings is 1. The summed E-state index contributed by atoms with van der Waals surface area (Å²) in [6, 6.07) is 14.0. The van der Waals surface area contributed by atoms with Crippen LogP contribution in [-0.2, 0) is 18.6 Å². The summed E-state index contributed by atoms with van der Waals surface area (Å²) in [5.74, 6) is 2.28. The molecule has 2 aromatic carbocycles. The standard InChI is InChI=1S/C28H34N6O3/c1-6-7-23(26-30-31-32-34(26)28(3,4)5)33(15-19-9-11-24-25(13-19)37-17-36-24)16-21-14-20-12-18(2)8-10-22(20)29-27(21)35/h8-14,23H,6-7,15-17H2,1-5H3,(H,29,35)/t23-/m0/s1. The normalized spacial score (nSPS) is 14.0. The molecule has 0 fully saturated rings. The molecule has 9 nitrogen and oxygen atoms in total. The third kappa shape index (κ3) is 5.22. The average Bonchev–Trinajstić information content (AvgIpc) is 3.52. The van der Waals surface area contributed by atoms with Gasteiger partial charge in [0.25, 0.3) is 5.56 Å². The summed E-state index contributed by atoms with van der Waals surface area (Å²) in [4.78, 5) is 18.5. The molecule has 4 aromatic rings. The van der Waals surface area contributed by atoms with E-state index in [9.17, 15) is 4.79 Å². The highest BCUT2D eigenvalue weighted by Gasteiger charge is 2.30. The first-order chi connectivity index (χ1) is 17.7. The van der Waals surface area contributed by atoms with Crippen molar-refractivity contribution in [1.82, 2.24) is 30.1 Å². The Bertz CT molecular complexity index is 1470. The number of nitrogens with zero attached hydrogens (tertiary/aromatic N) is 5. The lowest BCUT2D eigenvalue weighted by atomic mass is 10.0. The first-order valence-electron chi connectivity index (χ1n) is 12.8. The van der Waals surface area contributed by atoms with Gasteiger partial charge in [-0.05, 0) is 85.8 Å². The van der Waals surface area contributed by atoms with Crippen molar-refractivity contribution in [2.45, 2.75) is 72.1 Å². The molecule has 9 heteroatoms. The quantitative estimate of drug-likeness (QED) is 0.368. The van der Waals surface area contributed by atoms with E-state index in [2.05, 4.69) is 66.1 Å². The van der Waals surface area contributed by atoms with E-state index in [1.54, 1.807) is 0 Å². The number of ether oxygens (including phenoxy) is 2. The molecule has 1 atom stereocenters. The Morgan fingerprint density at radius 2 is 1.89 bits per heavy atom. The Morgan fingerprint density at radius 1 is 1.08 bits per heavy atom. The number of aromatic nitrogens is 5. The van der Waals surface area contributed by atoms with Gasteiger partial charge in [0.1, 0.15) is 0 Å². The molecule has 1 aliphatic heterocycles. The molecule has 0 spiro atoms. The highest BCUT2D eigenvalue weighted by molar-refractivity contribution is 5.79. The molecule has 1 N–H and O–H groups in total. The van der Waals surface area contributed by atoms with Crippen LogP contribution in [0.5, 0.6) is 11.5 Å². The molecule has 0 saturated heterocycles. The van der Waals surface area contributed by atoms with Gasteiger partial charge in [-0.3, -0.25) is 9.69 Å². The maximum atomic E-state index is 13.2. The smallest absolute Gasteiger partial charge is 0.252 e. The lowest BCUT2D eigenvalue weighted by Gasteiger charge is -2.33. The molecule has 0 aliphatic carbocycles. The fourth-order valence-corrected chi connectivity index (χ4v) is 4.89. The maximum Gasteiger partial charge on any atom is 0.252 e. The Balaban J connectivity index is 1.58. The molecule has 2 aromatic heterocycles. The fourth-order valence-electron chi connectivity index (χ4n) is 4.89. The van der Waals surface area contributed by atoms with Crippen molar-refractivity contribution in [1.29, 1.82) is 0 Å². The number of hydrogen-bond donors (Lipinski definition) is 1. The van der Waals surface area contributed by atoms with Gasteiger partial charge in [0.2, 0.25) is 6.79 Å². The zero-order chi connectivity index (χ0) is 26.2. The third-order valence-electron chi connectivity index (χ3n) is 6.70. The zero-order valence-corrected chi connectivity index (χ0v) is 22.1. The molecule has 37 heavy (non-hydrogen) atoms. The molecule has 0 bridgehead atoms. The molecule has 0 unspecified atom stereocenters. The van der Waals surface area contributed by atoms with Gasteiger partial charge in [-0.1, -0.05) is 31.0 Å². The van der Waals surface area contributed by atoms with E-state index in [0.717, 1.165) is 52.2 Å². The summed E-state index contributed by atoms with van der Waals surface area (Å²) >= 11 is 0. The van der Waals surface area contributed by atoms with Gasteiger partial charge in [-0.2, -0.15) is 0 Å². The summed E-state index contributed by atoms with van der Waals surface area (Å²) < 4.78 is 13.0. The number of nitrogens with one attached hydrogen (secondary N) is 1. The lowest BCUT2D eigenvalue weighted by Crippen LogP contribution is -2.35. The minimum atomic E-state index is -0.285. The summed E-state index contributed by atoms with van der Waals surface area (Å²) in [6.07, 6.45) is 1.78. The van der Waals surface area contributed by atoms with E-state index in [-0.39, 0.29) is 23.9 Å². The van der Waals surface area contributed by atoms with Crippen molar-refractivity contribution < 1.29 is 9.47 Å². The Morgan fingerprint density at radius 3 is 2.68 bits per heavy atom. The van der Waals surface area contributed by atoms with Crippen LogP contribution in [0.3, 0.4) is 0 Å². The van der Waals surface area contributed by atoms with Gasteiger partial charge in [-0.25, -0.2) is 4.68 Å². The summed E-state index contributed by atoms with van der Waals surface area (Å²) in [7, 11) is 0. The summed E-state index contributed by atoms with van der Waals surface area (Å²) in [5.41, 5.74) is 3.38. The molecule has 5 rings (SSSR count). The predicted molar refractivity (Wildman–Crippen MR) is 142 cm³/mol. The number of fused-ring (bicyclic) bond motifs is 2. The minimum Gasteiger partial charge on any atom is -0.454 e. The summed E-state index contributed by atoms with van der Waals surface area (Å²) in [5, 5.41) is 13.9. The first-order valence-corrected chi connectivity index (χ1v) is 12.8. The van der Waals surface area contributed by atoms with Crippen molar-refractivity contribution >= 4 is 10.9 Å². The third-order valence-corrected chi connectivity index (χ3v) is 6.70. The van der Waals surface area contributed by atoms with Gasteiger partial charge in [-0.15, -0.1) is 5.10 Å². The van der Waals surface area contributed by atoms with Gasteiger partial charge in [0, 0.05) is 24.2 Å². The fraction of sp³-hybridized carbons (Fsp3) is 0.429. The zero-order valence-electron chi connectivity index (χ0n) is 22.1. The monoisotopic (exact) mass is 502 g/mol. The molecule has 194 valence electrons. The predicted octanol–water partition coefficient (Wildman–Crippen LogP) is 4.85. The van der Waals surface area contributed by atoms with Crippen LogP contribution >= 0.6 is 0 Å². The van der Waals surface area contributed by atoms with E-state index in [4.69, 9.17) is 9.47 Å². The van der Waals surface area contributed by atoms with Gasteiger partial charge < -0.3 is 14.5 Å². The van der Waals surface area contributed by atoms with E-state index < -0.39 is 0 Å². The SMILES string of the molecule is CCC[C@@H](c1nnnn1C(C)(C)C)N(Cc1ccc2c(c1)OCO2)Cc1cc2cc(C)ccc2[nH]c1=O. The highest BCUT2D eigenvalue weighted by Crippen LogP contribution is 2.35. The number of hydrogen-bond acceptors (Lipinski definition) is 7. The number of rotatable bonds is 8. The number of benzene rings is 2. The van der Waals surface area contributed by atoms with Gasteiger partial charge in [0.15, 0.2) is 17.3 Å². The van der Waals surface area contributed by atoms with E-state index >= 15 is 0 Å². The Labute approximate surface area is 216 Å². The largest absolute Gasteiger partial charge is 0.454 e. The summed E-state index contributed by atoms with van der Waals surface area (Å²) in [6.45, 7) is 11.7. The number of aromatic amines is 1. The molecule has 3 heterocycles. The Hall–Kier alpha value is -3.72. The molecule has 0 saturated carbocycles. The molecule has 1 aliphatic rings. The van der Waals surface area contributed by atoms with Crippen LogP contribution in [-0.4, -0.2) is 36.9 Å². The Kier molecular flexibility index (Phi) is 6.72. The second kappa shape index (κ2) is 9.97. The molecular formula is C28H34N6O3. The van der Waals surface area contributed by atoms with E-state index in [0.29, 0.717) is 18.7 Å². The number of aryl methyl sites for hydroxylation is 1. The van der Waals surface area contributed by atoms with Crippen molar-refractivity contribution in [3.8, 4) is 11.5 Å². The van der Waals surface area contributed by atoms with Crippen molar-refractivity contribution in [3.05, 3.63) is 75.3 Å². The topological polar surface area (TPSA) is 98.2 Å². The van der Waals surface area contributed by atoms with Crippen molar-refractivity contribution in [3.63, 3.8) is 0 Å². The molecule has 0 radical (unpaired) electrons. The maximum absolute atomic E-state index is 13.2. The lowest BCUT2D eigenvalue weighted by molar-refractivity contribution is 0.148. The van der Waals surface area contributed by atoms with Crippen LogP contribution in [0.4, 0.5) is 0 Å². The van der Waals surface area contributed by atoms with E-state index in [1.807, 2.05) is 41.1 Å². The van der Waals surface area contributed by atoms with Crippen LogP contribution in [0.1, 0.15) is 69.1 Å². The number of pyridine rings is 1. The highest BCUT2D eigenvalue weighted by atomic mass is 16.7. The van der Waals surface area contributed by atoms with Gasteiger partial charge >= 0.3 is 0 Å². The van der Waals surface area contributed by atoms with Crippen LogP contribution in [0, 0.1) is 6.92 Å². The van der Waals surface area contributed by atoms with Gasteiger partial charge in [0.05, 0.1) is 11.6 Å². The second-order valence-corrected chi connectivity index (χ2v) is 10.7. The van der Waals surface area contributed by atoms with Crippen LogP contribution < -0.4 is 15.0 Å². The molecular weight excluding hydrogens is 468 g/mol. The molecule has 0 amide bonds. The van der Waals surface area contributed by atoms with Crippen molar-refractivity contribution in [2.24, 2.45) is 0 Å². The number of H-pyrrole nitrogens is 1. The minimum absolute atomic E-state index is 0.0855. The second-order valence-electron chi connectivity index (χ2n) is 10.7. The van der Waals surface area contributed by atoms with Crippen molar-refractivity contribution in [2.75, 3.05) is 6.79 Å². The average molecular weight is 503 g/mol.